The Hall–Kier alpha value is -2.83. The van der Waals surface area contributed by atoms with Gasteiger partial charge in [-0.15, -0.1) is 0 Å². The standard InChI is InChI=1S/C22H20ClN3/c1-22(2,3)16-8-4-14(5-9-16)18-12-20(26-21(25)19(18)13-24)15-6-10-17(23)11-7-15/h4-12H,1-3H3,(H2,25,26). The van der Waals surface area contributed by atoms with Gasteiger partial charge in [-0.25, -0.2) is 4.98 Å². The average Bonchev–Trinajstić information content (AvgIpc) is 2.61. The van der Waals surface area contributed by atoms with Gasteiger partial charge >= 0.3 is 0 Å². The van der Waals surface area contributed by atoms with E-state index in [2.05, 4.69) is 44.0 Å². The lowest BCUT2D eigenvalue weighted by Gasteiger charge is -2.19. The van der Waals surface area contributed by atoms with E-state index < -0.39 is 0 Å². The van der Waals surface area contributed by atoms with Crippen LogP contribution in [0.5, 0.6) is 0 Å². The van der Waals surface area contributed by atoms with Crippen molar-refractivity contribution in [3.8, 4) is 28.5 Å². The number of rotatable bonds is 2. The van der Waals surface area contributed by atoms with Crippen molar-refractivity contribution in [2.24, 2.45) is 0 Å². The summed E-state index contributed by atoms with van der Waals surface area (Å²) < 4.78 is 0. The van der Waals surface area contributed by atoms with Gasteiger partial charge in [0.05, 0.1) is 5.69 Å². The number of pyridine rings is 1. The third-order valence-corrected chi connectivity index (χ3v) is 4.61. The number of nitriles is 1. The highest BCUT2D eigenvalue weighted by Gasteiger charge is 2.16. The van der Waals surface area contributed by atoms with Crippen molar-refractivity contribution in [1.82, 2.24) is 4.98 Å². The second-order valence-electron chi connectivity index (χ2n) is 7.26. The Bertz CT molecular complexity index is 976. The van der Waals surface area contributed by atoms with Crippen molar-refractivity contribution in [3.05, 3.63) is 70.7 Å². The molecule has 4 heteroatoms. The molecule has 0 amide bonds. The number of hydrogen-bond donors (Lipinski definition) is 1. The van der Waals surface area contributed by atoms with Gasteiger partial charge in [-0.2, -0.15) is 5.26 Å². The van der Waals surface area contributed by atoms with Gasteiger partial charge in [-0.1, -0.05) is 68.8 Å². The maximum atomic E-state index is 9.55. The van der Waals surface area contributed by atoms with Crippen LogP contribution in [0.25, 0.3) is 22.4 Å². The summed E-state index contributed by atoms with van der Waals surface area (Å²) in [4.78, 5) is 4.40. The van der Waals surface area contributed by atoms with Crippen molar-refractivity contribution in [1.29, 1.82) is 5.26 Å². The number of halogens is 1. The van der Waals surface area contributed by atoms with Crippen LogP contribution in [0.1, 0.15) is 31.9 Å². The van der Waals surface area contributed by atoms with Gasteiger partial charge in [-0.05, 0) is 34.7 Å². The minimum absolute atomic E-state index is 0.0718. The lowest BCUT2D eigenvalue weighted by atomic mass is 9.86. The molecule has 2 N–H and O–H groups in total. The minimum Gasteiger partial charge on any atom is -0.383 e. The van der Waals surface area contributed by atoms with Crippen LogP contribution in [0.2, 0.25) is 5.02 Å². The van der Waals surface area contributed by atoms with Crippen LogP contribution in [-0.2, 0) is 5.41 Å². The summed E-state index contributed by atoms with van der Waals surface area (Å²) in [7, 11) is 0. The van der Waals surface area contributed by atoms with E-state index in [9.17, 15) is 5.26 Å². The summed E-state index contributed by atoms with van der Waals surface area (Å²) in [6, 6.07) is 19.7. The number of nitrogens with zero attached hydrogens (tertiary/aromatic N) is 2. The molecule has 26 heavy (non-hydrogen) atoms. The summed E-state index contributed by atoms with van der Waals surface area (Å²) >= 11 is 5.97. The molecule has 1 heterocycles. The first-order valence-electron chi connectivity index (χ1n) is 8.37. The van der Waals surface area contributed by atoms with Gasteiger partial charge in [0.15, 0.2) is 0 Å². The maximum absolute atomic E-state index is 9.55. The van der Waals surface area contributed by atoms with Crippen LogP contribution < -0.4 is 5.73 Å². The fraction of sp³-hybridized carbons (Fsp3) is 0.182. The molecule has 0 unspecified atom stereocenters. The number of aromatic nitrogens is 1. The zero-order valence-corrected chi connectivity index (χ0v) is 15.8. The normalized spacial score (nSPS) is 11.2. The Morgan fingerprint density at radius 2 is 1.54 bits per heavy atom. The second-order valence-corrected chi connectivity index (χ2v) is 7.70. The predicted molar refractivity (Wildman–Crippen MR) is 108 cm³/mol. The number of nitrogen functional groups attached to an aromatic ring is 1. The second kappa shape index (κ2) is 6.82. The summed E-state index contributed by atoms with van der Waals surface area (Å²) in [5.74, 6) is 0.231. The molecular formula is C22H20ClN3. The van der Waals surface area contributed by atoms with Crippen molar-refractivity contribution in [2.45, 2.75) is 26.2 Å². The maximum Gasteiger partial charge on any atom is 0.142 e. The molecule has 0 aliphatic carbocycles. The molecule has 0 aliphatic heterocycles. The summed E-state index contributed by atoms with van der Waals surface area (Å²) in [6.07, 6.45) is 0. The monoisotopic (exact) mass is 361 g/mol. The van der Waals surface area contributed by atoms with Crippen LogP contribution in [0.3, 0.4) is 0 Å². The zero-order chi connectivity index (χ0) is 18.9. The molecule has 0 fully saturated rings. The molecule has 1 aromatic heterocycles. The first kappa shape index (κ1) is 18.0. The van der Waals surface area contributed by atoms with Gasteiger partial charge in [0.2, 0.25) is 0 Å². The van der Waals surface area contributed by atoms with Gasteiger partial charge in [0.25, 0.3) is 0 Å². The van der Waals surface area contributed by atoms with Gasteiger partial charge in [0, 0.05) is 16.1 Å². The van der Waals surface area contributed by atoms with Crippen LogP contribution in [0.15, 0.2) is 54.6 Å². The molecule has 2 aromatic carbocycles. The first-order chi connectivity index (χ1) is 12.3. The zero-order valence-electron chi connectivity index (χ0n) is 15.0. The average molecular weight is 362 g/mol. The molecule has 3 rings (SSSR count). The topological polar surface area (TPSA) is 62.7 Å². The number of hydrogen-bond acceptors (Lipinski definition) is 3. The fourth-order valence-electron chi connectivity index (χ4n) is 2.83. The molecule has 0 atom stereocenters. The molecule has 0 radical (unpaired) electrons. The molecule has 0 bridgehead atoms. The Kier molecular flexibility index (Phi) is 4.71. The van der Waals surface area contributed by atoms with E-state index in [1.807, 2.05) is 42.5 Å². The minimum atomic E-state index is 0.0718. The Labute approximate surface area is 159 Å². The molecule has 0 saturated carbocycles. The van der Waals surface area contributed by atoms with E-state index >= 15 is 0 Å². The van der Waals surface area contributed by atoms with Crippen molar-refractivity contribution in [2.75, 3.05) is 5.73 Å². The molecule has 0 spiro atoms. The molecule has 0 aliphatic rings. The fourth-order valence-corrected chi connectivity index (χ4v) is 2.95. The van der Waals surface area contributed by atoms with E-state index in [0.717, 1.165) is 16.7 Å². The van der Waals surface area contributed by atoms with Crippen LogP contribution in [-0.4, -0.2) is 4.98 Å². The van der Waals surface area contributed by atoms with Crippen molar-refractivity contribution < 1.29 is 0 Å². The third-order valence-electron chi connectivity index (χ3n) is 4.36. The Morgan fingerprint density at radius 1 is 0.962 bits per heavy atom. The largest absolute Gasteiger partial charge is 0.383 e. The Morgan fingerprint density at radius 3 is 2.08 bits per heavy atom. The van der Waals surface area contributed by atoms with E-state index in [1.165, 1.54) is 5.56 Å². The molecule has 130 valence electrons. The van der Waals surface area contributed by atoms with Crippen LogP contribution >= 0.6 is 11.6 Å². The third kappa shape index (κ3) is 3.56. The highest BCUT2D eigenvalue weighted by atomic mass is 35.5. The van der Waals surface area contributed by atoms with Crippen LogP contribution in [0, 0.1) is 11.3 Å². The SMILES string of the molecule is CC(C)(C)c1ccc(-c2cc(-c3ccc(Cl)cc3)nc(N)c2C#N)cc1. The number of nitrogens with two attached hydrogens (primary N) is 1. The van der Waals surface area contributed by atoms with Crippen LogP contribution in [0.4, 0.5) is 5.82 Å². The smallest absolute Gasteiger partial charge is 0.142 e. The van der Waals surface area contributed by atoms with E-state index in [0.29, 0.717) is 16.3 Å². The Balaban J connectivity index is 2.14. The highest BCUT2D eigenvalue weighted by Crippen LogP contribution is 2.33. The van der Waals surface area contributed by atoms with Crippen molar-refractivity contribution >= 4 is 17.4 Å². The van der Waals surface area contributed by atoms with Gasteiger partial charge < -0.3 is 5.73 Å². The lowest BCUT2D eigenvalue weighted by Crippen LogP contribution is -2.10. The lowest BCUT2D eigenvalue weighted by molar-refractivity contribution is 0.590. The van der Waals surface area contributed by atoms with E-state index in [-0.39, 0.29) is 11.2 Å². The number of anilines is 1. The molecule has 0 saturated heterocycles. The van der Waals surface area contributed by atoms with E-state index in [1.54, 1.807) is 0 Å². The van der Waals surface area contributed by atoms with Gasteiger partial charge in [-0.3, -0.25) is 0 Å². The predicted octanol–water partition coefficient (Wildman–Crippen LogP) is 5.82. The molecular weight excluding hydrogens is 342 g/mol. The highest BCUT2D eigenvalue weighted by molar-refractivity contribution is 6.30. The molecule has 3 nitrogen and oxygen atoms in total. The van der Waals surface area contributed by atoms with E-state index in [4.69, 9.17) is 17.3 Å². The molecule has 3 aromatic rings. The number of benzene rings is 2. The quantitative estimate of drug-likeness (QED) is 0.625. The summed E-state index contributed by atoms with van der Waals surface area (Å²) in [5.41, 5.74) is 11.1. The van der Waals surface area contributed by atoms with Crippen molar-refractivity contribution in [3.63, 3.8) is 0 Å². The summed E-state index contributed by atoms with van der Waals surface area (Å²) in [5, 5.41) is 10.2. The first-order valence-corrected chi connectivity index (χ1v) is 8.75. The summed E-state index contributed by atoms with van der Waals surface area (Å²) in [6.45, 7) is 6.52. The van der Waals surface area contributed by atoms with Gasteiger partial charge in [0.1, 0.15) is 17.5 Å².